The van der Waals surface area contributed by atoms with E-state index in [9.17, 15) is 13.2 Å². The Bertz CT molecular complexity index is 534. The monoisotopic (exact) mass is 257 g/mol. The van der Waals surface area contributed by atoms with Crippen molar-refractivity contribution in [2.75, 3.05) is 6.54 Å². The number of nitrogens with two attached hydrogens (primary N) is 1. The molecule has 8 heteroatoms. The van der Waals surface area contributed by atoms with E-state index in [-0.39, 0.29) is 5.82 Å². The largest absolute Gasteiger partial charge is 0.416 e. The van der Waals surface area contributed by atoms with Crippen LogP contribution in [0.2, 0.25) is 0 Å². The van der Waals surface area contributed by atoms with Gasteiger partial charge >= 0.3 is 6.18 Å². The molecule has 0 aliphatic heterocycles. The van der Waals surface area contributed by atoms with Gasteiger partial charge in [-0.05, 0) is 22.6 Å². The minimum Gasteiger partial charge on any atom is -0.329 e. The molecule has 5 nitrogen and oxygen atoms in total. The van der Waals surface area contributed by atoms with Crippen LogP contribution in [0.3, 0.4) is 0 Å². The van der Waals surface area contributed by atoms with E-state index in [2.05, 4.69) is 15.5 Å². The van der Waals surface area contributed by atoms with Crippen molar-refractivity contribution in [3.8, 4) is 11.4 Å². The van der Waals surface area contributed by atoms with Crippen molar-refractivity contribution in [2.24, 2.45) is 5.73 Å². The predicted octanol–water partition coefficient (Wildman–Crippen LogP) is 1.32. The van der Waals surface area contributed by atoms with Crippen molar-refractivity contribution in [1.82, 2.24) is 20.2 Å². The van der Waals surface area contributed by atoms with Crippen LogP contribution in [0.4, 0.5) is 13.2 Å². The molecule has 0 saturated heterocycles. The lowest BCUT2D eigenvalue weighted by Gasteiger charge is -2.08. The summed E-state index contributed by atoms with van der Waals surface area (Å²) in [6.07, 6.45) is -4.39. The molecule has 0 saturated carbocycles. The van der Waals surface area contributed by atoms with Crippen LogP contribution in [-0.4, -0.2) is 26.8 Å². The number of aromatic nitrogens is 4. The van der Waals surface area contributed by atoms with Crippen LogP contribution in [0.5, 0.6) is 0 Å². The molecule has 2 aromatic rings. The average molecular weight is 257 g/mol. The summed E-state index contributed by atoms with van der Waals surface area (Å²) >= 11 is 0. The van der Waals surface area contributed by atoms with Crippen LogP contribution in [0.1, 0.15) is 5.56 Å². The molecular formula is C10H10F3N5. The van der Waals surface area contributed by atoms with Gasteiger partial charge in [0.1, 0.15) is 0 Å². The first-order valence-electron chi connectivity index (χ1n) is 5.16. The second kappa shape index (κ2) is 4.73. The number of nitrogens with zero attached hydrogens (tertiary/aromatic N) is 4. The molecule has 96 valence electrons. The first-order chi connectivity index (χ1) is 8.52. The summed E-state index contributed by atoms with van der Waals surface area (Å²) in [6.45, 7) is 0.648. The number of rotatable bonds is 3. The van der Waals surface area contributed by atoms with Crippen molar-refractivity contribution in [1.29, 1.82) is 0 Å². The van der Waals surface area contributed by atoms with Crippen molar-refractivity contribution in [3.05, 3.63) is 29.8 Å². The van der Waals surface area contributed by atoms with E-state index in [1.807, 2.05) is 0 Å². The third kappa shape index (κ3) is 2.48. The normalized spacial score (nSPS) is 11.8. The van der Waals surface area contributed by atoms with E-state index >= 15 is 0 Å². The summed E-state index contributed by atoms with van der Waals surface area (Å²) in [7, 11) is 0. The van der Waals surface area contributed by atoms with Gasteiger partial charge in [0.25, 0.3) is 0 Å². The minimum absolute atomic E-state index is 0.270. The molecule has 0 aliphatic carbocycles. The van der Waals surface area contributed by atoms with Crippen molar-refractivity contribution < 1.29 is 13.2 Å². The highest BCUT2D eigenvalue weighted by molar-refractivity contribution is 5.56. The zero-order chi connectivity index (χ0) is 13.2. The smallest absolute Gasteiger partial charge is 0.329 e. The molecule has 18 heavy (non-hydrogen) atoms. The average Bonchev–Trinajstić information content (AvgIpc) is 2.77. The standard InChI is InChI=1S/C10H10F3N5/c11-10(12,13)8-3-1-2-7(6-8)9-15-16-17-18(9)5-4-14/h1-3,6H,4-5,14H2. The van der Waals surface area contributed by atoms with E-state index < -0.39 is 11.7 Å². The summed E-state index contributed by atoms with van der Waals surface area (Å²) in [4.78, 5) is 0. The minimum atomic E-state index is -4.39. The highest BCUT2D eigenvalue weighted by atomic mass is 19.4. The van der Waals surface area contributed by atoms with E-state index in [0.29, 0.717) is 18.7 Å². The summed E-state index contributed by atoms with van der Waals surface area (Å²) in [6, 6.07) is 4.85. The van der Waals surface area contributed by atoms with Gasteiger partial charge in [-0.2, -0.15) is 13.2 Å². The lowest BCUT2D eigenvalue weighted by molar-refractivity contribution is -0.137. The topological polar surface area (TPSA) is 69.6 Å². The number of hydrogen-bond donors (Lipinski definition) is 1. The molecule has 0 spiro atoms. The molecule has 0 atom stereocenters. The van der Waals surface area contributed by atoms with Gasteiger partial charge in [-0.15, -0.1) is 5.10 Å². The van der Waals surface area contributed by atoms with Crippen molar-refractivity contribution in [2.45, 2.75) is 12.7 Å². The second-order valence-corrected chi connectivity index (χ2v) is 3.59. The Morgan fingerprint density at radius 2 is 2.06 bits per heavy atom. The molecular weight excluding hydrogens is 247 g/mol. The maximum Gasteiger partial charge on any atom is 0.416 e. The van der Waals surface area contributed by atoms with Crippen LogP contribution < -0.4 is 5.73 Å². The maximum atomic E-state index is 12.6. The van der Waals surface area contributed by atoms with Gasteiger partial charge < -0.3 is 5.73 Å². The van der Waals surface area contributed by atoms with Gasteiger partial charge in [0.05, 0.1) is 12.1 Å². The second-order valence-electron chi connectivity index (χ2n) is 3.59. The Morgan fingerprint density at radius 1 is 1.28 bits per heavy atom. The lowest BCUT2D eigenvalue weighted by Crippen LogP contribution is -2.12. The quantitative estimate of drug-likeness (QED) is 0.900. The van der Waals surface area contributed by atoms with Gasteiger partial charge in [0, 0.05) is 12.1 Å². The molecule has 0 unspecified atom stereocenters. The summed E-state index contributed by atoms with van der Waals surface area (Å²) in [5.74, 6) is 0.270. The Morgan fingerprint density at radius 3 is 2.72 bits per heavy atom. The molecule has 0 fully saturated rings. The molecule has 0 aliphatic rings. The van der Waals surface area contributed by atoms with E-state index in [1.54, 1.807) is 0 Å². The molecule has 0 amide bonds. The summed E-state index contributed by atoms with van der Waals surface area (Å²) in [5, 5.41) is 10.8. The fourth-order valence-corrected chi connectivity index (χ4v) is 1.52. The van der Waals surface area contributed by atoms with Gasteiger partial charge in [-0.25, -0.2) is 4.68 Å². The third-order valence-electron chi connectivity index (χ3n) is 2.32. The number of tetrazole rings is 1. The predicted molar refractivity (Wildman–Crippen MR) is 57.3 cm³/mol. The fourth-order valence-electron chi connectivity index (χ4n) is 1.52. The Hall–Kier alpha value is -1.96. The molecule has 2 N–H and O–H groups in total. The first kappa shape index (κ1) is 12.5. The number of alkyl halides is 3. The van der Waals surface area contributed by atoms with Gasteiger partial charge in [-0.3, -0.25) is 0 Å². The number of benzene rings is 1. The first-order valence-corrected chi connectivity index (χ1v) is 5.16. The van der Waals surface area contributed by atoms with Crippen LogP contribution in [0.25, 0.3) is 11.4 Å². The van der Waals surface area contributed by atoms with E-state index in [0.717, 1.165) is 12.1 Å². The molecule has 2 rings (SSSR count). The maximum absolute atomic E-state index is 12.6. The Labute approximate surface area is 100 Å². The molecule has 1 aromatic carbocycles. The Kier molecular flexibility index (Phi) is 3.28. The highest BCUT2D eigenvalue weighted by Gasteiger charge is 2.30. The van der Waals surface area contributed by atoms with Crippen molar-refractivity contribution in [3.63, 3.8) is 0 Å². The van der Waals surface area contributed by atoms with Gasteiger partial charge in [0.2, 0.25) is 0 Å². The van der Waals surface area contributed by atoms with Crippen molar-refractivity contribution >= 4 is 0 Å². The number of hydrogen-bond acceptors (Lipinski definition) is 4. The Balaban J connectivity index is 2.42. The number of halogens is 3. The van der Waals surface area contributed by atoms with Gasteiger partial charge in [-0.1, -0.05) is 12.1 Å². The van der Waals surface area contributed by atoms with E-state index in [4.69, 9.17) is 5.73 Å². The van der Waals surface area contributed by atoms with Crippen LogP contribution in [0, 0.1) is 0 Å². The molecule has 1 aromatic heterocycles. The zero-order valence-corrected chi connectivity index (χ0v) is 9.22. The lowest BCUT2D eigenvalue weighted by atomic mass is 10.1. The fraction of sp³-hybridized carbons (Fsp3) is 0.300. The van der Waals surface area contributed by atoms with Crippen LogP contribution in [-0.2, 0) is 12.7 Å². The summed E-state index contributed by atoms with van der Waals surface area (Å²) < 4.78 is 39.1. The molecule has 1 heterocycles. The molecule has 0 radical (unpaired) electrons. The highest BCUT2D eigenvalue weighted by Crippen LogP contribution is 2.31. The molecule has 0 bridgehead atoms. The third-order valence-corrected chi connectivity index (χ3v) is 2.32. The summed E-state index contributed by atoms with van der Waals surface area (Å²) in [5.41, 5.74) is 4.94. The van der Waals surface area contributed by atoms with Crippen LogP contribution >= 0.6 is 0 Å². The van der Waals surface area contributed by atoms with E-state index in [1.165, 1.54) is 16.8 Å². The SMILES string of the molecule is NCCn1nnnc1-c1cccc(C(F)(F)F)c1. The zero-order valence-electron chi connectivity index (χ0n) is 9.22. The van der Waals surface area contributed by atoms with Crippen LogP contribution in [0.15, 0.2) is 24.3 Å². The van der Waals surface area contributed by atoms with Gasteiger partial charge in [0.15, 0.2) is 5.82 Å².